The average molecular weight is 343 g/mol. The molecule has 1 aromatic heterocycles. The van der Waals surface area contributed by atoms with Crippen LogP contribution >= 0.6 is 11.6 Å². The number of halogens is 1. The van der Waals surface area contributed by atoms with Crippen molar-refractivity contribution in [2.75, 3.05) is 0 Å². The first-order chi connectivity index (χ1) is 11.5. The first-order valence-corrected chi connectivity index (χ1v) is 7.72. The molecule has 2 N–H and O–H groups in total. The van der Waals surface area contributed by atoms with Crippen LogP contribution in [0.4, 0.5) is 4.79 Å². The molecular weight excluding hydrogens is 328 g/mol. The minimum atomic E-state index is -0.902. The molecule has 24 heavy (non-hydrogen) atoms. The SMILES string of the molecule is CC(OC(N)=O)c1cc2cccc(Cl)c2c(=O)n1-c1ccccc1. The molecule has 0 saturated carbocycles. The van der Waals surface area contributed by atoms with Crippen LogP contribution in [-0.4, -0.2) is 10.7 Å². The van der Waals surface area contributed by atoms with E-state index in [-0.39, 0.29) is 5.56 Å². The highest BCUT2D eigenvalue weighted by molar-refractivity contribution is 6.35. The molecule has 0 aliphatic rings. The van der Waals surface area contributed by atoms with Crippen molar-refractivity contribution in [3.8, 4) is 5.69 Å². The number of benzene rings is 2. The van der Waals surface area contributed by atoms with Gasteiger partial charge in [-0.1, -0.05) is 41.9 Å². The molecule has 0 aliphatic heterocycles. The van der Waals surface area contributed by atoms with E-state index in [4.69, 9.17) is 22.1 Å². The van der Waals surface area contributed by atoms with Crippen LogP contribution in [0.1, 0.15) is 18.7 Å². The van der Waals surface area contributed by atoms with E-state index < -0.39 is 12.2 Å². The van der Waals surface area contributed by atoms with Crippen molar-refractivity contribution in [3.63, 3.8) is 0 Å². The number of para-hydroxylation sites is 1. The average Bonchev–Trinajstić information content (AvgIpc) is 2.54. The maximum Gasteiger partial charge on any atom is 0.405 e. The number of fused-ring (bicyclic) bond motifs is 1. The molecule has 2 aromatic carbocycles. The Morgan fingerprint density at radius 2 is 1.88 bits per heavy atom. The van der Waals surface area contributed by atoms with Crippen LogP contribution in [0.5, 0.6) is 0 Å². The number of ether oxygens (including phenoxy) is 1. The van der Waals surface area contributed by atoms with Crippen molar-refractivity contribution in [1.82, 2.24) is 4.57 Å². The minimum Gasteiger partial charge on any atom is -0.440 e. The topological polar surface area (TPSA) is 74.3 Å². The Kier molecular flexibility index (Phi) is 4.27. The zero-order valence-electron chi connectivity index (χ0n) is 12.9. The summed E-state index contributed by atoms with van der Waals surface area (Å²) in [6.45, 7) is 1.66. The third-order valence-electron chi connectivity index (χ3n) is 3.75. The van der Waals surface area contributed by atoms with Gasteiger partial charge in [-0.2, -0.15) is 0 Å². The van der Waals surface area contributed by atoms with Crippen LogP contribution in [0.3, 0.4) is 0 Å². The summed E-state index contributed by atoms with van der Waals surface area (Å²) in [4.78, 5) is 24.2. The standard InChI is InChI=1S/C18H15ClN2O3/c1-11(24-18(20)23)15-10-12-6-5-9-14(19)16(12)17(22)21(15)13-7-3-2-4-8-13/h2-11H,1H3,(H2,20,23). The summed E-state index contributed by atoms with van der Waals surface area (Å²) in [6.07, 6.45) is -1.60. The molecule has 0 radical (unpaired) electrons. The summed E-state index contributed by atoms with van der Waals surface area (Å²) in [6, 6.07) is 16.1. The molecule has 0 saturated heterocycles. The van der Waals surface area contributed by atoms with Gasteiger partial charge in [0.15, 0.2) is 0 Å². The maximum atomic E-state index is 13.1. The van der Waals surface area contributed by atoms with Crippen LogP contribution in [-0.2, 0) is 4.74 Å². The molecule has 1 unspecified atom stereocenters. The third kappa shape index (κ3) is 2.86. The number of nitrogens with two attached hydrogens (primary N) is 1. The number of hydrogen-bond donors (Lipinski definition) is 1. The van der Waals surface area contributed by atoms with E-state index in [9.17, 15) is 9.59 Å². The van der Waals surface area contributed by atoms with Gasteiger partial charge in [0.25, 0.3) is 5.56 Å². The number of rotatable bonds is 3. The van der Waals surface area contributed by atoms with Gasteiger partial charge in [0.05, 0.1) is 16.1 Å². The Bertz CT molecular complexity index is 967. The number of aromatic nitrogens is 1. The molecule has 3 rings (SSSR count). The molecule has 1 atom stereocenters. The van der Waals surface area contributed by atoms with Crippen LogP contribution < -0.4 is 11.3 Å². The van der Waals surface area contributed by atoms with Gasteiger partial charge in [0, 0.05) is 5.69 Å². The third-order valence-corrected chi connectivity index (χ3v) is 4.06. The molecule has 0 fully saturated rings. The van der Waals surface area contributed by atoms with Gasteiger partial charge < -0.3 is 10.5 Å². The monoisotopic (exact) mass is 342 g/mol. The fraction of sp³-hybridized carbons (Fsp3) is 0.111. The summed E-state index contributed by atoms with van der Waals surface area (Å²) in [5.41, 5.74) is 6.01. The van der Waals surface area contributed by atoms with Gasteiger partial charge in [0.1, 0.15) is 6.10 Å². The Morgan fingerprint density at radius 3 is 2.54 bits per heavy atom. The lowest BCUT2D eigenvalue weighted by Crippen LogP contribution is -2.26. The zero-order valence-corrected chi connectivity index (χ0v) is 13.7. The fourth-order valence-electron chi connectivity index (χ4n) is 2.72. The van der Waals surface area contributed by atoms with Gasteiger partial charge in [-0.3, -0.25) is 9.36 Å². The fourth-order valence-corrected chi connectivity index (χ4v) is 2.98. The summed E-state index contributed by atoms with van der Waals surface area (Å²) < 4.78 is 6.57. The number of pyridine rings is 1. The lowest BCUT2D eigenvalue weighted by molar-refractivity contribution is 0.113. The predicted octanol–water partition coefficient (Wildman–Crippen LogP) is 3.80. The van der Waals surface area contributed by atoms with Crippen molar-refractivity contribution in [3.05, 3.63) is 75.7 Å². The minimum absolute atomic E-state index is 0.278. The predicted molar refractivity (Wildman–Crippen MR) is 93.6 cm³/mol. The van der Waals surface area contributed by atoms with E-state index >= 15 is 0 Å². The molecule has 5 nitrogen and oxygen atoms in total. The second kappa shape index (κ2) is 6.37. The molecule has 0 aliphatic carbocycles. The van der Waals surface area contributed by atoms with Crippen molar-refractivity contribution in [2.45, 2.75) is 13.0 Å². The molecule has 6 heteroatoms. The lowest BCUT2D eigenvalue weighted by atomic mass is 10.1. The molecular formula is C18H15ClN2O3. The Morgan fingerprint density at radius 1 is 1.17 bits per heavy atom. The first-order valence-electron chi connectivity index (χ1n) is 7.34. The number of amides is 1. The number of carbonyl (C=O) groups excluding carboxylic acids is 1. The van der Waals surface area contributed by atoms with Crippen LogP contribution in [0.2, 0.25) is 5.02 Å². The van der Waals surface area contributed by atoms with E-state index in [0.717, 1.165) is 0 Å². The summed E-state index contributed by atoms with van der Waals surface area (Å²) in [7, 11) is 0. The van der Waals surface area contributed by atoms with E-state index in [1.807, 2.05) is 18.2 Å². The number of hydrogen-bond acceptors (Lipinski definition) is 3. The Hall–Kier alpha value is -2.79. The summed E-state index contributed by atoms with van der Waals surface area (Å²) in [5.74, 6) is 0. The largest absolute Gasteiger partial charge is 0.440 e. The van der Waals surface area contributed by atoms with E-state index in [2.05, 4.69) is 0 Å². The molecule has 122 valence electrons. The molecule has 1 heterocycles. The Labute approximate surface area is 143 Å². The zero-order chi connectivity index (χ0) is 17.3. The number of nitrogens with zero attached hydrogens (tertiary/aromatic N) is 1. The highest BCUT2D eigenvalue weighted by Gasteiger charge is 2.19. The van der Waals surface area contributed by atoms with Crippen LogP contribution in [0, 0.1) is 0 Å². The van der Waals surface area contributed by atoms with Gasteiger partial charge in [-0.05, 0) is 36.6 Å². The van der Waals surface area contributed by atoms with Gasteiger partial charge >= 0.3 is 6.09 Å². The van der Waals surface area contributed by atoms with Gasteiger partial charge in [0.2, 0.25) is 0 Å². The highest BCUT2D eigenvalue weighted by atomic mass is 35.5. The molecule has 1 amide bonds. The van der Waals surface area contributed by atoms with Gasteiger partial charge in [-0.15, -0.1) is 0 Å². The van der Waals surface area contributed by atoms with Crippen molar-refractivity contribution in [1.29, 1.82) is 0 Å². The normalized spacial score (nSPS) is 12.1. The van der Waals surface area contributed by atoms with Crippen LogP contribution in [0.25, 0.3) is 16.5 Å². The summed E-state index contributed by atoms with van der Waals surface area (Å²) >= 11 is 6.22. The smallest absolute Gasteiger partial charge is 0.405 e. The van der Waals surface area contributed by atoms with Crippen LogP contribution in [0.15, 0.2) is 59.4 Å². The second-order valence-electron chi connectivity index (χ2n) is 5.33. The summed E-state index contributed by atoms with van der Waals surface area (Å²) in [5, 5.41) is 1.46. The second-order valence-corrected chi connectivity index (χ2v) is 5.74. The Balaban J connectivity index is 2.37. The number of primary amides is 1. The van der Waals surface area contributed by atoms with E-state index in [1.165, 1.54) is 4.57 Å². The van der Waals surface area contributed by atoms with Crippen molar-refractivity contribution < 1.29 is 9.53 Å². The van der Waals surface area contributed by atoms with E-state index in [0.29, 0.717) is 27.2 Å². The first kappa shape index (κ1) is 16.1. The van der Waals surface area contributed by atoms with Gasteiger partial charge in [-0.25, -0.2) is 4.79 Å². The van der Waals surface area contributed by atoms with Crippen molar-refractivity contribution in [2.24, 2.45) is 5.73 Å². The molecule has 0 spiro atoms. The highest BCUT2D eigenvalue weighted by Crippen LogP contribution is 2.26. The lowest BCUT2D eigenvalue weighted by Gasteiger charge is -2.19. The number of carbonyl (C=O) groups is 1. The molecule has 3 aromatic rings. The molecule has 0 bridgehead atoms. The quantitative estimate of drug-likeness (QED) is 0.786. The van der Waals surface area contributed by atoms with E-state index in [1.54, 1.807) is 43.3 Å². The van der Waals surface area contributed by atoms with Crippen molar-refractivity contribution >= 4 is 28.5 Å². The maximum absolute atomic E-state index is 13.1.